The number of aliphatic hydroxyl groups is 1. The van der Waals surface area contributed by atoms with E-state index < -0.39 is 6.10 Å². The van der Waals surface area contributed by atoms with Gasteiger partial charge in [0.1, 0.15) is 0 Å². The van der Waals surface area contributed by atoms with Gasteiger partial charge in [0.2, 0.25) is 0 Å². The number of aliphatic hydroxyl groups excluding tert-OH is 1. The number of hydrogen-bond acceptors (Lipinski definition) is 1. The van der Waals surface area contributed by atoms with Crippen molar-refractivity contribution in [1.29, 1.82) is 0 Å². The summed E-state index contributed by atoms with van der Waals surface area (Å²) in [4.78, 5) is 0. The summed E-state index contributed by atoms with van der Waals surface area (Å²) in [5.74, 6) is 0. The van der Waals surface area contributed by atoms with E-state index in [4.69, 9.17) is 11.6 Å². The van der Waals surface area contributed by atoms with Gasteiger partial charge in [-0.2, -0.15) is 0 Å². The van der Waals surface area contributed by atoms with Crippen LogP contribution in [0.3, 0.4) is 0 Å². The van der Waals surface area contributed by atoms with Crippen LogP contribution < -0.4 is 4.46 Å². The first-order valence-electron chi connectivity index (χ1n) is 5.37. The molecule has 0 radical (unpaired) electrons. The zero-order chi connectivity index (χ0) is 12.1. The molecule has 0 fully saturated rings. The Balaban J connectivity index is 1.96. The van der Waals surface area contributed by atoms with E-state index in [1.807, 2.05) is 42.5 Å². The third-order valence-corrected chi connectivity index (χ3v) is 4.90. The summed E-state index contributed by atoms with van der Waals surface area (Å²) in [6.07, 6.45) is -0.422. The van der Waals surface area contributed by atoms with E-state index in [2.05, 4.69) is 12.1 Å². The molecule has 0 amide bonds. The van der Waals surface area contributed by atoms with E-state index in [1.54, 1.807) is 0 Å². The Morgan fingerprint density at radius 1 is 1.06 bits per heavy atom. The Morgan fingerprint density at radius 2 is 1.82 bits per heavy atom. The van der Waals surface area contributed by atoms with Gasteiger partial charge in [-0.25, -0.2) is 0 Å². The fourth-order valence-electron chi connectivity index (χ4n) is 1.50. The van der Waals surface area contributed by atoms with E-state index in [0.29, 0.717) is 20.0 Å². The van der Waals surface area contributed by atoms with Crippen LogP contribution >= 0.6 is 11.6 Å². The zero-order valence-corrected chi connectivity index (χ0v) is 11.7. The number of hydrogen-bond donors (Lipinski definition) is 1. The molecule has 0 heterocycles. The SMILES string of the molecule is O[C@@H](C[Se]c1ccccc1)c1cccc(Cl)c1. The van der Waals surface area contributed by atoms with Crippen molar-refractivity contribution in [2.75, 3.05) is 0 Å². The van der Waals surface area contributed by atoms with Crippen LogP contribution in [-0.4, -0.2) is 20.1 Å². The second kappa shape index (κ2) is 6.23. The molecule has 0 aliphatic heterocycles. The summed E-state index contributed by atoms with van der Waals surface area (Å²) >= 11 is 6.19. The van der Waals surface area contributed by atoms with E-state index in [9.17, 15) is 5.11 Å². The third kappa shape index (κ3) is 3.86. The summed E-state index contributed by atoms with van der Waals surface area (Å²) < 4.78 is 1.31. The molecule has 0 aliphatic carbocycles. The van der Waals surface area contributed by atoms with Gasteiger partial charge in [0.25, 0.3) is 0 Å². The van der Waals surface area contributed by atoms with Crippen molar-refractivity contribution < 1.29 is 5.11 Å². The second-order valence-electron chi connectivity index (χ2n) is 3.69. The van der Waals surface area contributed by atoms with Crippen molar-refractivity contribution in [3.63, 3.8) is 0 Å². The summed E-state index contributed by atoms with van der Waals surface area (Å²) in [6.45, 7) is 0. The Bertz CT molecular complexity index is 473. The molecule has 0 saturated heterocycles. The molecule has 88 valence electrons. The molecule has 1 N–H and O–H groups in total. The van der Waals surface area contributed by atoms with Gasteiger partial charge >= 0.3 is 113 Å². The Labute approximate surface area is 113 Å². The Kier molecular flexibility index (Phi) is 4.64. The molecule has 0 saturated carbocycles. The van der Waals surface area contributed by atoms with Crippen LogP contribution in [0.1, 0.15) is 11.7 Å². The zero-order valence-electron chi connectivity index (χ0n) is 9.21. The average molecular weight is 312 g/mol. The molecular weight excluding hydrogens is 299 g/mol. The van der Waals surface area contributed by atoms with Gasteiger partial charge in [-0.05, 0) is 0 Å². The molecule has 3 heteroatoms. The van der Waals surface area contributed by atoms with Crippen LogP contribution in [0.15, 0.2) is 54.6 Å². The molecule has 17 heavy (non-hydrogen) atoms. The van der Waals surface area contributed by atoms with Crippen molar-refractivity contribution in [1.82, 2.24) is 0 Å². The predicted octanol–water partition coefficient (Wildman–Crippen LogP) is 2.82. The van der Waals surface area contributed by atoms with Crippen molar-refractivity contribution in [3.05, 3.63) is 65.2 Å². The quantitative estimate of drug-likeness (QED) is 0.861. The molecular formula is C14H13ClOSe. The number of halogens is 1. The predicted molar refractivity (Wildman–Crippen MR) is 73.0 cm³/mol. The maximum atomic E-state index is 10.1. The second-order valence-corrected chi connectivity index (χ2v) is 6.43. The van der Waals surface area contributed by atoms with E-state index in [0.717, 1.165) is 10.9 Å². The molecule has 0 bridgehead atoms. The van der Waals surface area contributed by atoms with Gasteiger partial charge in [0, 0.05) is 0 Å². The van der Waals surface area contributed by atoms with E-state index >= 15 is 0 Å². The van der Waals surface area contributed by atoms with Crippen LogP contribution in [0, 0.1) is 0 Å². The summed E-state index contributed by atoms with van der Waals surface area (Å²) in [5, 5.41) is 11.5. The van der Waals surface area contributed by atoms with Crippen molar-refractivity contribution in [3.8, 4) is 0 Å². The summed E-state index contributed by atoms with van der Waals surface area (Å²) in [7, 11) is 0. The first-order chi connectivity index (χ1) is 8.25. The van der Waals surface area contributed by atoms with Gasteiger partial charge in [-0.1, -0.05) is 0 Å². The van der Waals surface area contributed by atoms with Gasteiger partial charge < -0.3 is 0 Å². The summed E-state index contributed by atoms with van der Waals surface area (Å²) in [5.41, 5.74) is 0.898. The number of benzene rings is 2. The first-order valence-corrected chi connectivity index (χ1v) is 7.81. The standard InChI is InChI=1S/C14H13ClOSe/c15-12-6-4-5-11(9-12)14(16)10-17-13-7-2-1-3-8-13/h1-9,14,16H,10H2/t14-/m0/s1. The van der Waals surface area contributed by atoms with Crippen LogP contribution in [0.4, 0.5) is 0 Å². The Morgan fingerprint density at radius 3 is 2.53 bits per heavy atom. The molecule has 0 aromatic heterocycles. The van der Waals surface area contributed by atoms with Crippen LogP contribution in [0.5, 0.6) is 0 Å². The monoisotopic (exact) mass is 312 g/mol. The van der Waals surface area contributed by atoms with Crippen LogP contribution in [-0.2, 0) is 0 Å². The molecule has 0 aliphatic rings. The molecule has 2 aromatic rings. The van der Waals surface area contributed by atoms with Crippen molar-refractivity contribution in [2.45, 2.75) is 11.4 Å². The maximum absolute atomic E-state index is 10.1. The van der Waals surface area contributed by atoms with E-state index in [1.165, 1.54) is 4.46 Å². The molecule has 1 atom stereocenters. The molecule has 2 aromatic carbocycles. The number of rotatable bonds is 4. The van der Waals surface area contributed by atoms with Crippen LogP contribution in [0.2, 0.25) is 10.3 Å². The van der Waals surface area contributed by atoms with Crippen LogP contribution in [0.25, 0.3) is 0 Å². The average Bonchev–Trinajstić information content (AvgIpc) is 2.37. The first kappa shape index (κ1) is 12.7. The van der Waals surface area contributed by atoms with Gasteiger partial charge in [-0.3, -0.25) is 0 Å². The molecule has 0 unspecified atom stereocenters. The minimum atomic E-state index is -0.422. The van der Waals surface area contributed by atoms with Gasteiger partial charge in [-0.15, -0.1) is 0 Å². The summed E-state index contributed by atoms with van der Waals surface area (Å²) in [6, 6.07) is 17.7. The normalized spacial score (nSPS) is 12.4. The van der Waals surface area contributed by atoms with E-state index in [-0.39, 0.29) is 0 Å². The van der Waals surface area contributed by atoms with Gasteiger partial charge in [0.15, 0.2) is 0 Å². The fourth-order valence-corrected chi connectivity index (χ4v) is 3.57. The topological polar surface area (TPSA) is 20.2 Å². The minimum absolute atomic E-state index is 0.295. The molecule has 1 nitrogen and oxygen atoms in total. The fraction of sp³-hybridized carbons (Fsp3) is 0.143. The van der Waals surface area contributed by atoms with Crippen molar-refractivity contribution in [2.24, 2.45) is 0 Å². The molecule has 0 spiro atoms. The molecule has 2 rings (SSSR count). The van der Waals surface area contributed by atoms with Gasteiger partial charge in [0.05, 0.1) is 0 Å². The van der Waals surface area contributed by atoms with Crippen molar-refractivity contribution >= 4 is 31.0 Å². The third-order valence-electron chi connectivity index (χ3n) is 2.38. The Hall–Kier alpha value is -0.791.